The third-order valence-corrected chi connectivity index (χ3v) is 3.36. The van der Waals surface area contributed by atoms with Crippen LogP contribution in [0.4, 0.5) is 10.1 Å². The van der Waals surface area contributed by atoms with Gasteiger partial charge in [0.1, 0.15) is 11.4 Å². The van der Waals surface area contributed by atoms with Gasteiger partial charge in [0, 0.05) is 17.6 Å². The lowest BCUT2D eigenvalue weighted by molar-refractivity contribution is -0.385. The van der Waals surface area contributed by atoms with Crippen molar-refractivity contribution in [1.29, 1.82) is 0 Å². The van der Waals surface area contributed by atoms with Gasteiger partial charge in [0.25, 0.3) is 11.6 Å². The van der Waals surface area contributed by atoms with Crippen molar-refractivity contribution < 1.29 is 19.2 Å². The van der Waals surface area contributed by atoms with Crippen molar-refractivity contribution >= 4 is 23.2 Å². The number of hydrogen-bond donors (Lipinski definition) is 2. The molecule has 0 saturated heterocycles. The van der Waals surface area contributed by atoms with Gasteiger partial charge in [0.05, 0.1) is 11.0 Å². The van der Waals surface area contributed by atoms with Gasteiger partial charge in [-0.2, -0.15) is 0 Å². The Morgan fingerprint density at radius 3 is 2.57 bits per heavy atom. The molecule has 8 heteroatoms. The van der Waals surface area contributed by atoms with E-state index in [1.807, 2.05) is 0 Å². The Kier molecular flexibility index (Phi) is 5.25. The second-order valence-electron chi connectivity index (χ2n) is 4.70. The number of amides is 1. The number of halogens is 2. The van der Waals surface area contributed by atoms with Gasteiger partial charge in [-0.3, -0.25) is 14.9 Å². The SMILES string of the molecule is O=C(NCC(O)c1ccc(Cl)cc1)c1cc(F)ccc1[N+](=O)[O-]. The summed E-state index contributed by atoms with van der Waals surface area (Å²) < 4.78 is 13.2. The predicted octanol–water partition coefficient (Wildman–Crippen LogP) is 2.85. The van der Waals surface area contributed by atoms with E-state index in [1.165, 1.54) is 0 Å². The minimum Gasteiger partial charge on any atom is -0.387 e. The molecule has 0 aliphatic rings. The molecular weight excluding hydrogens is 327 g/mol. The van der Waals surface area contributed by atoms with Crippen LogP contribution >= 0.6 is 11.6 Å². The first-order chi connectivity index (χ1) is 10.9. The van der Waals surface area contributed by atoms with E-state index in [-0.39, 0.29) is 6.54 Å². The van der Waals surface area contributed by atoms with Gasteiger partial charge in [-0.05, 0) is 29.8 Å². The number of nitrogens with one attached hydrogen (secondary N) is 1. The van der Waals surface area contributed by atoms with Crippen LogP contribution in [-0.4, -0.2) is 22.5 Å². The molecule has 0 bridgehead atoms. The minimum atomic E-state index is -1.02. The van der Waals surface area contributed by atoms with Crippen molar-refractivity contribution in [2.24, 2.45) is 0 Å². The lowest BCUT2D eigenvalue weighted by atomic mass is 10.1. The van der Waals surface area contributed by atoms with Crippen LogP contribution in [0.1, 0.15) is 22.0 Å². The van der Waals surface area contributed by atoms with E-state index in [1.54, 1.807) is 24.3 Å². The van der Waals surface area contributed by atoms with Crippen LogP contribution in [0.3, 0.4) is 0 Å². The molecule has 1 unspecified atom stereocenters. The molecule has 120 valence electrons. The van der Waals surface area contributed by atoms with Crippen molar-refractivity contribution in [3.05, 3.63) is 74.5 Å². The van der Waals surface area contributed by atoms with E-state index in [4.69, 9.17) is 11.6 Å². The van der Waals surface area contributed by atoms with Gasteiger partial charge in [0.2, 0.25) is 0 Å². The van der Waals surface area contributed by atoms with Gasteiger partial charge in [-0.1, -0.05) is 23.7 Å². The predicted molar refractivity (Wildman–Crippen MR) is 81.8 cm³/mol. The zero-order valence-electron chi connectivity index (χ0n) is 11.7. The summed E-state index contributed by atoms with van der Waals surface area (Å²) >= 11 is 5.74. The molecule has 1 atom stereocenters. The summed E-state index contributed by atoms with van der Waals surface area (Å²) in [6.07, 6.45) is -1.02. The third kappa shape index (κ3) is 4.24. The molecule has 0 aromatic heterocycles. The maximum absolute atomic E-state index is 13.2. The van der Waals surface area contributed by atoms with E-state index < -0.39 is 34.0 Å². The highest BCUT2D eigenvalue weighted by molar-refractivity contribution is 6.30. The maximum Gasteiger partial charge on any atom is 0.282 e. The highest BCUT2D eigenvalue weighted by atomic mass is 35.5. The van der Waals surface area contributed by atoms with E-state index in [9.17, 15) is 24.4 Å². The van der Waals surface area contributed by atoms with Crippen molar-refractivity contribution in [3.63, 3.8) is 0 Å². The molecule has 2 N–H and O–H groups in total. The van der Waals surface area contributed by atoms with Crippen LogP contribution < -0.4 is 5.32 Å². The minimum absolute atomic E-state index is 0.186. The molecular formula is C15H12ClFN2O4. The Morgan fingerprint density at radius 1 is 1.30 bits per heavy atom. The normalized spacial score (nSPS) is 11.8. The lowest BCUT2D eigenvalue weighted by Gasteiger charge is -2.12. The van der Waals surface area contributed by atoms with Crippen molar-refractivity contribution in [3.8, 4) is 0 Å². The highest BCUT2D eigenvalue weighted by Crippen LogP contribution is 2.20. The van der Waals surface area contributed by atoms with Gasteiger partial charge in [-0.25, -0.2) is 4.39 Å². The number of nitro groups is 1. The number of carbonyl (C=O) groups is 1. The Hall–Kier alpha value is -2.51. The average Bonchev–Trinajstić information content (AvgIpc) is 2.52. The fourth-order valence-corrected chi connectivity index (χ4v) is 2.06. The first kappa shape index (κ1) is 16.9. The number of rotatable bonds is 5. The lowest BCUT2D eigenvalue weighted by Crippen LogP contribution is -2.29. The summed E-state index contributed by atoms with van der Waals surface area (Å²) in [5.41, 5.74) is -0.397. The van der Waals surface area contributed by atoms with Crippen LogP contribution in [0.2, 0.25) is 5.02 Å². The standard InChI is InChI=1S/C15H12ClFN2O4/c16-10-3-1-9(2-4-10)14(20)8-18-15(21)12-7-11(17)5-6-13(12)19(22)23/h1-7,14,20H,8H2,(H,18,21). The molecule has 0 radical (unpaired) electrons. The van der Waals surface area contributed by atoms with E-state index in [2.05, 4.69) is 5.32 Å². The third-order valence-electron chi connectivity index (χ3n) is 3.11. The van der Waals surface area contributed by atoms with Crippen LogP contribution in [-0.2, 0) is 0 Å². The number of nitrogens with zero attached hydrogens (tertiary/aromatic N) is 1. The molecule has 0 saturated carbocycles. The number of aliphatic hydroxyl groups excluding tert-OH is 1. The van der Waals surface area contributed by atoms with E-state index in [0.717, 1.165) is 18.2 Å². The van der Waals surface area contributed by atoms with E-state index in [0.29, 0.717) is 10.6 Å². The summed E-state index contributed by atoms with van der Waals surface area (Å²) in [4.78, 5) is 22.1. The second kappa shape index (κ2) is 7.17. The van der Waals surface area contributed by atoms with Crippen LogP contribution in [0.5, 0.6) is 0 Å². The molecule has 0 fully saturated rings. The highest BCUT2D eigenvalue weighted by Gasteiger charge is 2.21. The van der Waals surface area contributed by atoms with Crippen LogP contribution in [0, 0.1) is 15.9 Å². The molecule has 0 spiro atoms. The fraction of sp³-hybridized carbons (Fsp3) is 0.133. The summed E-state index contributed by atoms with van der Waals surface area (Å²) in [5.74, 6) is -1.61. The summed E-state index contributed by atoms with van der Waals surface area (Å²) in [6.45, 7) is -0.186. The Morgan fingerprint density at radius 2 is 1.96 bits per heavy atom. The molecule has 2 rings (SSSR count). The number of benzene rings is 2. The van der Waals surface area contributed by atoms with Crippen molar-refractivity contribution in [2.75, 3.05) is 6.54 Å². The largest absolute Gasteiger partial charge is 0.387 e. The maximum atomic E-state index is 13.2. The molecule has 6 nitrogen and oxygen atoms in total. The summed E-state index contributed by atoms with van der Waals surface area (Å²) in [6, 6.07) is 8.94. The van der Waals surface area contributed by atoms with Gasteiger partial charge < -0.3 is 10.4 Å². The molecule has 2 aromatic carbocycles. The Bertz CT molecular complexity index is 737. The van der Waals surface area contributed by atoms with E-state index >= 15 is 0 Å². The molecule has 23 heavy (non-hydrogen) atoms. The number of nitro benzene ring substituents is 1. The van der Waals surface area contributed by atoms with Crippen molar-refractivity contribution in [2.45, 2.75) is 6.10 Å². The molecule has 2 aromatic rings. The Balaban J connectivity index is 2.09. The van der Waals surface area contributed by atoms with Crippen LogP contribution in [0.15, 0.2) is 42.5 Å². The topological polar surface area (TPSA) is 92.5 Å². The first-order valence-electron chi connectivity index (χ1n) is 6.54. The first-order valence-corrected chi connectivity index (χ1v) is 6.92. The molecule has 0 aliphatic carbocycles. The fourth-order valence-electron chi connectivity index (χ4n) is 1.94. The quantitative estimate of drug-likeness (QED) is 0.647. The molecule has 1 amide bonds. The summed E-state index contributed by atoms with van der Waals surface area (Å²) in [5, 5.41) is 23.7. The Labute approximate surface area is 135 Å². The molecule has 0 aliphatic heterocycles. The average molecular weight is 339 g/mol. The van der Waals surface area contributed by atoms with Crippen LogP contribution in [0.25, 0.3) is 0 Å². The number of carbonyl (C=O) groups excluding carboxylic acids is 1. The number of hydrogen-bond acceptors (Lipinski definition) is 4. The second-order valence-corrected chi connectivity index (χ2v) is 5.13. The van der Waals surface area contributed by atoms with Gasteiger partial charge in [-0.15, -0.1) is 0 Å². The van der Waals surface area contributed by atoms with Crippen molar-refractivity contribution in [1.82, 2.24) is 5.32 Å². The van der Waals surface area contributed by atoms with Gasteiger partial charge in [0.15, 0.2) is 0 Å². The summed E-state index contributed by atoms with van der Waals surface area (Å²) in [7, 11) is 0. The molecule has 0 heterocycles. The number of aliphatic hydroxyl groups is 1. The monoisotopic (exact) mass is 338 g/mol. The zero-order chi connectivity index (χ0) is 17.0. The van der Waals surface area contributed by atoms with Gasteiger partial charge >= 0.3 is 0 Å². The zero-order valence-corrected chi connectivity index (χ0v) is 12.5. The smallest absolute Gasteiger partial charge is 0.282 e.